The third kappa shape index (κ3) is 3.01. The number of allylic oxidation sites excluding steroid dienone is 1. The van der Waals surface area contributed by atoms with Gasteiger partial charge in [0, 0.05) is 19.1 Å². The van der Waals surface area contributed by atoms with Crippen LogP contribution in [0, 0.1) is 0 Å². The molecule has 3 heteroatoms. The predicted octanol–water partition coefficient (Wildman–Crippen LogP) is 1.51. The number of aromatic nitrogens is 1. The zero-order valence-electron chi connectivity index (χ0n) is 7.78. The van der Waals surface area contributed by atoms with E-state index in [9.17, 15) is 0 Å². The average molecular weight is 178 g/mol. The Morgan fingerprint density at radius 2 is 2.08 bits per heavy atom. The van der Waals surface area contributed by atoms with Gasteiger partial charge in [-0.25, -0.2) is 4.57 Å². The van der Waals surface area contributed by atoms with Crippen molar-refractivity contribution in [3.05, 3.63) is 42.6 Å². The van der Waals surface area contributed by atoms with E-state index in [1.807, 2.05) is 24.0 Å². The minimum Gasteiger partial charge on any atom is -0.289 e. The number of pyridine rings is 1. The number of nitrogens with zero attached hydrogens (tertiary/aromatic N) is 1. The predicted molar refractivity (Wildman–Crippen MR) is 47.7 cm³/mol. The second-order valence-electron chi connectivity index (χ2n) is 2.60. The van der Waals surface area contributed by atoms with Crippen LogP contribution >= 0.6 is 0 Å². The van der Waals surface area contributed by atoms with Gasteiger partial charge in [0.25, 0.3) is 0 Å². The zero-order valence-corrected chi connectivity index (χ0v) is 7.78. The first-order valence-corrected chi connectivity index (χ1v) is 3.89. The van der Waals surface area contributed by atoms with E-state index in [1.165, 1.54) is 0 Å². The van der Waals surface area contributed by atoms with E-state index in [1.54, 1.807) is 19.1 Å². The van der Waals surface area contributed by atoms with Gasteiger partial charge in [-0.15, -0.1) is 0 Å². The van der Waals surface area contributed by atoms with Gasteiger partial charge in [-0.05, 0) is 0 Å². The van der Waals surface area contributed by atoms with Crippen LogP contribution in [-0.4, -0.2) is 0 Å². The molecular formula is C10H12NO2+. The molecule has 0 fully saturated rings. The molecule has 13 heavy (non-hydrogen) atoms. The molecule has 1 aromatic heterocycles. The fourth-order valence-electron chi connectivity index (χ4n) is 0.683. The third-order valence-corrected chi connectivity index (χ3v) is 1.46. The van der Waals surface area contributed by atoms with E-state index in [0.717, 1.165) is 0 Å². The van der Waals surface area contributed by atoms with Crippen molar-refractivity contribution in [1.29, 1.82) is 0 Å². The van der Waals surface area contributed by atoms with E-state index in [4.69, 9.17) is 9.78 Å². The molecule has 0 spiro atoms. The molecule has 0 aliphatic heterocycles. The van der Waals surface area contributed by atoms with Crippen molar-refractivity contribution in [2.75, 3.05) is 0 Å². The van der Waals surface area contributed by atoms with Gasteiger partial charge in [-0.3, -0.25) is 9.78 Å². The SMILES string of the molecule is C=C=C(C)OOc1cc[n+](C)cc1. The van der Waals surface area contributed by atoms with Crippen LogP contribution in [0.1, 0.15) is 6.92 Å². The number of hydrogen-bond donors (Lipinski definition) is 0. The molecule has 0 saturated carbocycles. The second-order valence-corrected chi connectivity index (χ2v) is 2.60. The van der Waals surface area contributed by atoms with Crippen LogP contribution in [0.5, 0.6) is 5.75 Å². The van der Waals surface area contributed by atoms with Gasteiger partial charge in [-0.1, -0.05) is 12.3 Å². The minimum atomic E-state index is 0.508. The molecular weight excluding hydrogens is 166 g/mol. The standard InChI is InChI=1S/C10H12NO2/c1-4-9(2)12-13-10-5-7-11(3)8-6-10/h5-8H,1H2,2-3H3/q+1. The van der Waals surface area contributed by atoms with E-state index >= 15 is 0 Å². The third-order valence-electron chi connectivity index (χ3n) is 1.46. The highest BCUT2D eigenvalue weighted by Crippen LogP contribution is 2.07. The maximum Gasteiger partial charge on any atom is 0.194 e. The van der Waals surface area contributed by atoms with Crippen LogP contribution in [0.2, 0.25) is 0 Å². The van der Waals surface area contributed by atoms with Gasteiger partial charge >= 0.3 is 0 Å². The first kappa shape index (κ1) is 9.36. The van der Waals surface area contributed by atoms with Gasteiger partial charge in [0.1, 0.15) is 7.05 Å². The van der Waals surface area contributed by atoms with Crippen molar-refractivity contribution < 1.29 is 14.3 Å². The Hall–Kier alpha value is -1.73. The number of rotatable bonds is 3. The molecule has 0 unspecified atom stereocenters. The Morgan fingerprint density at radius 1 is 1.46 bits per heavy atom. The van der Waals surface area contributed by atoms with Crippen LogP contribution in [-0.2, 0) is 11.9 Å². The summed E-state index contributed by atoms with van der Waals surface area (Å²) in [6.07, 6.45) is 3.73. The van der Waals surface area contributed by atoms with Crippen LogP contribution in [0.25, 0.3) is 0 Å². The van der Waals surface area contributed by atoms with Crippen molar-refractivity contribution in [1.82, 2.24) is 0 Å². The molecule has 0 aromatic carbocycles. The lowest BCUT2D eigenvalue weighted by molar-refractivity contribution is -0.671. The Kier molecular flexibility index (Phi) is 3.12. The highest BCUT2D eigenvalue weighted by atomic mass is 17.2. The molecule has 0 radical (unpaired) electrons. The van der Waals surface area contributed by atoms with Gasteiger partial charge in [0.15, 0.2) is 23.9 Å². The summed E-state index contributed by atoms with van der Waals surface area (Å²) in [5.41, 5.74) is 2.56. The first-order chi connectivity index (χ1) is 6.22. The van der Waals surface area contributed by atoms with Crippen LogP contribution in [0.15, 0.2) is 42.6 Å². The zero-order chi connectivity index (χ0) is 9.68. The summed E-state index contributed by atoms with van der Waals surface area (Å²) in [4.78, 5) is 9.81. The van der Waals surface area contributed by atoms with Crippen molar-refractivity contribution in [2.45, 2.75) is 6.92 Å². The fourth-order valence-corrected chi connectivity index (χ4v) is 0.683. The average Bonchev–Trinajstić information content (AvgIpc) is 2.16. The van der Waals surface area contributed by atoms with Gasteiger partial charge in [0.2, 0.25) is 0 Å². The molecule has 0 saturated heterocycles. The summed E-state index contributed by atoms with van der Waals surface area (Å²) in [5.74, 6) is 1.15. The molecule has 1 rings (SSSR count). The molecule has 0 aliphatic carbocycles. The molecule has 0 amide bonds. The molecule has 1 heterocycles. The van der Waals surface area contributed by atoms with Crippen LogP contribution in [0.3, 0.4) is 0 Å². The maximum absolute atomic E-state index is 4.96. The van der Waals surface area contributed by atoms with Gasteiger partial charge in [0.05, 0.1) is 0 Å². The Balaban J connectivity index is 2.55. The topological polar surface area (TPSA) is 22.3 Å². The van der Waals surface area contributed by atoms with Gasteiger partial charge < -0.3 is 0 Å². The smallest absolute Gasteiger partial charge is 0.194 e. The molecule has 68 valence electrons. The molecule has 0 aliphatic rings. The molecule has 0 bridgehead atoms. The first-order valence-electron chi connectivity index (χ1n) is 3.89. The minimum absolute atomic E-state index is 0.508. The van der Waals surface area contributed by atoms with Crippen molar-refractivity contribution >= 4 is 0 Å². The van der Waals surface area contributed by atoms with Crippen LogP contribution < -0.4 is 9.45 Å². The quantitative estimate of drug-likeness (QED) is 0.230. The largest absolute Gasteiger partial charge is 0.289 e. The second kappa shape index (κ2) is 4.33. The lowest BCUT2D eigenvalue weighted by Gasteiger charge is -2.02. The summed E-state index contributed by atoms with van der Waals surface area (Å²) >= 11 is 0. The Labute approximate surface area is 77.5 Å². The molecule has 1 aromatic rings. The van der Waals surface area contributed by atoms with E-state index in [0.29, 0.717) is 11.5 Å². The van der Waals surface area contributed by atoms with E-state index < -0.39 is 0 Å². The van der Waals surface area contributed by atoms with Crippen molar-refractivity contribution in [3.63, 3.8) is 0 Å². The van der Waals surface area contributed by atoms with Crippen molar-refractivity contribution in [3.8, 4) is 5.75 Å². The van der Waals surface area contributed by atoms with Crippen LogP contribution in [0.4, 0.5) is 0 Å². The summed E-state index contributed by atoms with van der Waals surface area (Å²) in [6.45, 7) is 5.13. The monoisotopic (exact) mass is 178 g/mol. The normalized spacial score (nSPS) is 8.77. The fraction of sp³-hybridized carbons (Fsp3) is 0.200. The maximum atomic E-state index is 4.96. The lowest BCUT2D eigenvalue weighted by Crippen LogP contribution is -2.25. The number of aryl methyl sites for hydroxylation is 1. The summed E-state index contributed by atoms with van der Waals surface area (Å²) in [7, 11) is 1.93. The highest BCUT2D eigenvalue weighted by Gasteiger charge is 1.97. The summed E-state index contributed by atoms with van der Waals surface area (Å²) < 4.78 is 1.91. The molecule has 0 N–H and O–H groups in total. The van der Waals surface area contributed by atoms with Gasteiger partial charge in [-0.2, -0.15) is 0 Å². The van der Waals surface area contributed by atoms with E-state index in [2.05, 4.69) is 12.3 Å². The lowest BCUT2D eigenvalue weighted by atomic mass is 10.4. The Bertz CT molecular complexity index is 323. The molecule has 3 nitrogen and oxygen atoms in total. The number of hydrogen-bond acceptors (Lipinski definition) is 2. The van der Waals surface area contributed by atoms with E-state index in [-0.39, 0.29) is 0 Å². The summed E-state index contributed by atoms with van der Waals surface area (Å²) in [6, 6.07) is 3.60. The Morgan fingerprint density at radius 3 is 2.62 bits per heavy atom. The highest BCUT2D eigenvalue weighted by molar-refractivity contribution is 5.13. The summed E-state index contributed by atoms with van der Waals surface area (Å²) in [5, 5.41) is 0. The molecule has 0 atom stereocenters. The van der Waals surface area contributed by atoms with Crippen molar-refractivity contribution in [2.24, 2.45) is 7.05 Å².